The van der Waals surface area contributed by atoms with E-state index in [1.807, 2.05) is 0 Å². The highest BCUT2D eigenvalue weighted by molar-refractivity contribution is 5.81. The number of halogens is 24. The van der Waals surface area contributed by atoms with Gasteiger partial charge in [-0.3, -0.25) is 0 Å². The third-order valence-electron chi connectivity index (χ3n) is 7.55. The quantitative estimate of drug-likeness (QED) is 0.169. The molecule has 3 rings (SSSR count). The zero-order chi connectivity index (χ0) is 42.9. The Balaban J connectivity index is 2.77. The molecule has 308 valence electrons. The maximum atomic E-state index is 13.9. The Morgan fingerprint density at radius 1 is 0.333 bits per heavy atom. The molecule has 1 heterocycles. The molecule has 0 aliphatic carbocycles. The van der Waals surface area contributed by atoms with Crippen LogP contribution < -0.4 is 10.1 Å². The summed E-state index contributed by atoms with van der Waals surface area (Å²) in [4.78, 5) is 0. The first-order valence-electron chi connectivity index (χ1n) is 12.6. The van der Waals surface area contributed by atoms with Crippen molar-refractivity contribution in [3.63, 3.8) is 0 Å². The van der Waals surface area contributed by atoms with Crippen molar-refractivity contribution in [3.8, 4) is 11.5 Å². The van der Waals surface area contributed by atoms with Crippen LogP contribution in [0.4, 0.5) is 117 Å². The maximum Gasteiger partial charge on any atom is 0.430 e. The fourth-order valence-electron chi connectivity index (χ4n) is 4.77. The molecule has 2 aromatic rings. The summed E-state index contributed by atoms with van der Waals surface area (Å²) < 4.78 is 335. The monoisotopic (exact) mass is 847 g/mol. The molecule has 30 heteroatoms. The van der Waals surface area contributed by atoms with Crippen LogP contribution in [0.1, 0.15) is 22.3 Å². The molecule has 0 amide bonds. The van der Waals surface area contributed by atoms with Crippen LogP contribution in [0, 0.1) is 0 Å². The first kappa shape index (κ1) is 44.6. The minimum absolute atomic E-state index is 0.794. The van der Waals surface area contributed by atoms with Crippen molar-refractivity contribution in [2.24, 2.45) is 0 Å². The Hall–Kier alpha value is -3.80. The van der Waals surface area contributed by atoms with Gasteiger partial charge in [0.05, 0.1) is 11.4 Å². The highest BCUT2D eigenvalue weighted by Gasteiger charge is 2.77. The topological polar surface area (TPSA) is 102 Å². The van der Waals surface area contributed by atoms with Crippen molar-refractivity contribution in [2.75, 3.05) is 5.32 Å². The Bertz CT molecular complexity index is 1590. The number of rotatable bonds is 4. The smallest absolute Gasteiger partial charge is 0.430 e. The van der Waals surface area contributed by atoms with E-state index in [1.165, 1.54) is 0 Å². The van der Waals surface area contributed by atoms with E-state index in [-0.39, 0.29) is 0 Å². The van der Waals surface area contributed by atoms with Crippen LogP contribution >= 0.6 is 0 Å². The molecule has 6 nitrogen and oxygen atoms in total. The summed E-state index contributed by atoms with van der Waals surface area (Å²) in [7, 11) is 0. The van der Waals surface area contributed by atoms with Gasteiger partial charge in [0.1, 0.15) is 0 Å². The molecule has 2 aromatic carbocycles. The second-order valence-electron chi connectivity index (χ2n) is 10.9. The van der Waals surface area contributed by atoms with Gasteiger partial charge in [-0.15, -0.1) is 0 Å². The van der Waals surface area contributed by atoms with Crippen molar-refractivity contribution in [1.29, 1.82) is 0 Å². The van der Waals surface area contributed by atoms with Crippen LogP contribution in [0.15, 0.2) is 24.3 Å². The minimum Gasteiger partial charge on any atom is -0.452 e. The molecule has 1 aliphatic heterocycles. The first-order chi connectivity index (χ1) is 23.4. The normalized spacial score (nSPS) is 16.1. The average Bonchev–Trinajstić information content (AvgIpc) is 2.92. The largest absolute Gasteiger partial charge is 0.452 e. The molecule has 1 aliphatic rings. The SMILES string of the molecule is OC(c1cc2c(c(C(O)(C(F)(F)F)C(F)(F)F)c1)Oc1c(cc(C(O)(C(F)(F)F)C(F)(F)F)cc1C(O)(C(F)(F)F)C(F)(F)F)N2)(C(F)(F)F)C(F)(F)F. The van der Waals surface area contributed by atoms with Gasteiger partial charge in [0.2, 0.25) is 0 Å². The lowest BCUT2D eigenvalue weighted by Gasteiger charge is -2.40. The van der Waals surface area contributed by atoms with E-state index in [0.29, 0.717) is 0 Å². The Kier molecular flexibility index (Phi) is 9.79. The maximum absolute atomic E-state index is 13.9. The van der Waals surface area contributed by atoms with E-state index in [0.717, 1.165) is 5.32 Å². The van der Waals surface area contributed by atoms with Gasteiger partial charge in [-0.1, -0.05) is 0 Å². The van der Waals surface area contributed by atoms with E-state index in [2.05, 4.69) is 4.74 Å². The van der Waals surface area contributed by atoms with Gasteiger partial charge >= 0.3 is 49.4 Å². The molecule has 0 aromatic heterocycles. The molecule has 5 N–H and O–H groups in total. The number of nitrogens with one attached hydrogen (secondary N) is 1. The van der Waals surface area contributed by atoms with Gasteiger partial charge < -0.3 is 30.5 Å². The van der Waals surface area contributed by atoms with Crippen molar-refractivity contribution >= 4 is 11.4 Å². The van der Waals surface area contributed by atoms with Gasteiger partial charge in [0.15, 0.2) is 11.5 Å². The summed E-state index contributed by atoms with van der Waals surface area (Å²) in [5.41, 5.74) is -46.1. The lowest BCUT2D eigenvalue weighted by Crippen LogP contribution is -2.56. The molecule has 0 unspecified atom stereocenters. The van der Waals surface area contributed by atoms with Crippen molar-refractivity contribution < 1.29 is 131 Å². The average molecular weight is 847 g/mol. The number of aliphatic hydroxyl groups is 4. The summed E-state index contributed by atoms with van der Waals surface area (Å²) in [5, 5.41) is 39.9. The molecule has 0 fully saturated rings. The Labute approximate surface area is 278 Å². The number of benzene rings is 2. The van der Waals surface area contributed by atoms with Gasteiger partial charge in [-0.05, 0) is 24.3 Å². The van der Waals surface area contributed by atoms with Crippen LogP contribution in [-0.2, 0) is 22.4 Å². The second-order valence-corrected chi connectivity index (χ2v) is 10.9. The molecule has 54 heavy (non-hydrogen) atoms. The number of anilines is 2. The lowest BCUT2D eigenvalue weighted by atomic mass is 9.82. The van der Waals surface area contributed by atoms with Crippen molar-refractivity contribution in [2.45, 2.75) is 71.8 Å². The van der Waals surface area contributed by atoms with Gasteiger partial charge in [-0.2, -0.15) is 105 Å². The predicted molar refractivity (Wildman–Crippen MR) is 120 cm³/mol. The van der Waals surface area contributed by atoms with Crippen LogP contribution in [0.25, 0.3) is 0 Å². The van der Waals surface area contributed by atoms with Crippen molar-refractivity contribution in [3.05, 3.63) is 46.5 Å². The molecule has 0 atom stereocenters. The van der Waals surface area contributed by atoms with Crippen LogP contribution in [-0.4, -0.2) is 69.8 Å². The second kappa shape index (κ2) is 11.9. The third-order valence-corrected chi connectivity index (χ3v) is 7.55. The number of fused-ring (bicyclic) bond motifs is 2. The standard InChI is InChI=1S/C24H9F24NO5/c25-17(26,27)13(50,18(28,29)30)5-1-7(15(52,21(37,38)39)22(40,41)42)11-9(3-5)49-10-4-6(14(51,19(31,32)33)20(34,35)36)2-8(12(10)54-11)16(53,23(43,44)45)24(46,47)48/h1-4,49-53H. The van der Waals surface area contributed by atoms with Gasteiger partial charge in [0.25, 0.3) is 22.4 Å². The summed E-state index contributed by atoms with van der Waals surface area (Å²) >= 11 is 0. The van der Waals surface area contributed by atoms with E-state index in [4.69, 9.17) is 0 Å². The summed E-state index contributed by atoms with van der Waals surface area (Å²) in [6, 6.07) is -5.51. The zero-order valence-corrected chi connectivity index (χ0v) is 24.1. The number of ether oxygens (including phenoxy) is 1. The van der Waals surface area contributed by atoms with E-state index in [9.17, 15) is 126 Å². The Morgan fingerprint density at radius 3 is 0.722 bits per heavy atom. The van der Waals surface area contributed by atoms with E-state index in [1.54, 1.807) is 0 Å². The number of hydrogen-bond donors (Lipinski definition) is 5. The number of alkyl halides is 24. The molecule has 0 spiro atoms. The molecular weight excluding hydrogens is 838 g/mol. The molecule has 0 bridgehead atoms. The highest BCUT2D eigenvalue weighted by atomic mass is 19.4. The predicted octanol–water partition coefficient (Wildman–Crippen LogP) is 8.78. The minimum atomic E-state index is -7.48. The molecule has 0 saturated heterocycles. The summed E-state index contributed by atoms with van der Waals surface area (Å²) in [6.45, 7) is 0. The first-order valence-corrected chi connectivity index (χ1v) is 12.6. The number of hydrogen-bond acceptors (Lipinski definition) is 6. The molecule has 0 radical (unpaired) electrons. The molecule has 0 saturated carbocycles. The van der Waals surface area contributed by atoms with Gasteiger partial charge in [0, 0.05) is 22.3 Å². The van der Waals surface area contributed by atoms with Crippen LogP contribution in [0.5, 0.6) is 11.5 Å². The molecular formula is C24H9F24NO5. The van der Waals surface area contributed by atoms with E-state index < -0.39 is 141 Å². The van der Waals surface area contributed by atoms with E-state index >= 15 is 0 Å². The Morgan fingerprint density at radius 2 is 0.537 bits per heavy atom. The summed E-state index contributed by atoms with van der Waals surface area (Å²) in [6.07, 6.45) is -59.0. The lowest BCUT2D eigenvalue weighted by molar-refractivity contribution is -0.379. The fraction of sp³-hybridized carbons (Fsp3) is 0.500. The fourth-order valence-corrected chi connectivity index (χ4v) is 4.77. The summed E-state index contributed by atoms with van der Waals surface area (Å²) in [5.74, 6) is -5.81. The van der Waals surface area contributed by atoms with Crippen molar-refractivity contribution in [1.82, 2.24) is 0 Å². The van der Waals surface area contributed by atoms with Gasteiger partial charge in [-0.25, -0.2) is 0 Å². The highest BCUT2D eigenvalue weighted by Crippen LogP contribution is 2.63. The third kappa shape index (κ3) is 6.14. The zero-order valence-electron chi connectivity index (χ0n) is 24.1. The van der Waals surface area contributed by atoms with Crippen LogP contribution in [0.3, 0.4) is 0 Å². The van der Waals surface area contributed by atoms with Crippen LogP contribution in [0.2, 0.25) is 0 Å².